The Bertz CT molecular complexity index is 435. The van der Waals surface area contributed by atoms with Gasteiger partial charge in [-0.2, -0.15) is 0 Å². The van der Waals surface area contributed by atoms with Crippen LogP contribution in [0.2, 0.25) is 0 Å². The number of unbranched alkanes of at least 4 members (excludes halogenated alkanes) is 6. The molecule has 1 aliphatic heterocycles. The van der Waals surface area contributed by atoms with Crippen LogP contribution in [0.5, 0.6) is 0 Å². The molecule has 132 valence electrons. The number of hydrogen-bond donors (Lipinski definition) is 1. The minimum Gasteiger partial charge on any atom is -0.349 e. The number of fused-ring (bicyclic) bond motifs is 1. The Morgan fingerprint density at radius 1 is 1.00 bits per heavy atom. The first-order chi connectivity index (χ1) is 11.2. The van der Waals surface area contributed by atoms with E-state index < -0.39 is 0 Å². The summed E-state index contributed by atoms with van der Waals surface area (Å²) in [6, 6.07) is 2.43. The Morgan fingerprint density at radius 3 is 2.26 bits per heavy atom. The Kier molecular flexibility index (Phi) is 7.69. The molecule has 0 fully saturated rings. The summed E-state index contributed by atoms with van der Waals surface area (Å²) < 4.78 is 2.49. The second-order valence-corrected chi connectivity index (χ2v) is 7.73. The van der Waals surface area contributed by atoms with Crippen molar-refractivity contribution in [1.29, 1.82) is 0 Å². The van der Waals surface area contributed by atoms with Crippen LogP contribution in [-0.4, -0.2) is 11.1 Å². The fourth-order valence-corrected chi connectivity index (χ4v) is 4.15. The average Bonchev–Trinajstić information content (AvgIpc) is 3.01. The molecule has 2 heterocycles. The third-order valence-electron chi connectivity index (χ3n) is 5.72. The smallest absolute Gasteiger partial charge is 0.0363 e. The summed E-state index contributed by atoms with van der Waals surface area (Å²) in [6.45, 7) is 10.5. The van der Waals surface area contributed by atoms with Gasteiger partial charge >= 0.3 is 0 Å². The molecule has 0 spiro atoms. The van der Waals surface area contributed by atoms with Crippen molar-refractivity contribution < 1.29 is 0 Å². The van der Waals surface area contributed by atoms with Gasteiger partial charge in [0.2, 0.25) is 0 Å². The molecule has 0 radical (unpaired) electrons. The van der Waals surface area contributed by atoms with Crippen LogP contribution >= 0.6 is 0 Å². The predicted octanol–water partition coefficient (Wildman–Crippen LogP) is 5.79. The number of nitrogens with zero attached hydrogens (tertiary/aromatic N) is 1. The van der Waals surface area contributed by atoms with Gasteiger partial charge in [0.15, 0.2) is 0 Å². The Labute approximate surface area is 144 Å². The second-order valence-electron chi connectivity index (χ2n) is 7.73. The topological polar surface area (TPSA) is 17.0 Å². The van der Waals surface area contributed by atoms with E-state index in [1.165, 1.54) is 64.2 Å². The maximum Gasteiger partial charge on any atom is 0.0363 e. The normalized spacial score (nSPS) is 14.9. The quantitative estimate of drug-likeness (QED) is 0.511. The van der Waals surface area contributed by atoms with Crippen LogP contribution in [0.4, 0.5) is 0 Å². The molecule has 0 bridgehead atoms. The SMILES string of the molecule is CCCCCCC(C)(CCCCCC)c1ccn2c1CNCC2. The summed E-state index contributed by atoms with van der Waals surface area (Å²) in [5.74, 6) is 0. The molecule has 0 amide bonds. The van der Waals surface area contributed by atoms with Gasteiger partial charge in [0.05, 0.1) is 0 Å². The van der Waals surface area contributed by atoms with Gasteiger partial charge in [-0.25, -0.2) is 0 Å². The first-order valence-corrected chi connectivity index (χ1v) is 10.1. The second kappa shape index (κ2) is 9.52. The van der Waals surface area contributed by atoms with Crippen molar-refractivity contribution in [2.24, 2.45) is 0 Å². The lowest BCUT2D eigenvalue weighted by Gasteiger charge is -2.32. The molecule has 23 heavy (non-hydrogen) atoms. The first-order valence-electron chi connectivity index (χ1n) is 10.1. The number of hydrogen-bond acceptors (Lipinski definition) is 1. The van der Waals surface area contributed by atoms with Gasteiger partial charge in [0.1, 0.15) is 0 Å². The van der Waals surface area contributed by atoms with Gasteiger partial charge in [-0.15, -0.1) is 0 Å². The van der Waals surface area contributed by atoms with Crippen LogP contribution < -0.4 is 5.32 Å². The van der Waals surface area contributed by atoms with E-state index >= 15 is 0 Å². The molecule has 1 aliphatic rings. The molecule has 2 heteroatoms. The van der Waals surface area contributed by atoms with Crippen LogP contribution in [0.15, 0.2) is 12.3 Å². The summed E-state index contributed by atoms with van der Waals surface area (Å²) in [6.07, 6.45) is 16.1. The number of aromatic nitrogens is 1. The Morgan fingerprint density at radius 2 is 1.65 bits per heavy atom. The van der Waals surface area contributed by atoms with E-state index in [4.69, 9.17) is 0 Å². The highest BCUT2D eigenvalue weighted by atomic mass is 15.1. The predicted molar refractivity (Wildman–Crippen MR) is 101 cm³/mol. The summed E-state index contributed by atoms with van der Waals surface area (Å²) in [5, 5.41) is 3.57. The van der Waals surface area contributed by atoms with Crippen molar-refractivity contribution in [2.75, 3.05) is 6.54 Å². The first kappa shape index (κ1) is 18.6. The highest BCUT2D eigenvalue weighted by Crippen LogP contribution is 2.38. The summed E-state index contributed by atoms with van der Waals surface area (Å²) in [5.41, 5.74) is 3.57. The van der Waals surface area contributed by atoms with Crippen molar-refractivity contribution in [1.82, 2.24) is 9.88 Å². The van der Waals surface area contributed by atoms with E-state index in [9.17, 15) is 0 Å². The summed E-state index contributed by atoms with van der Waals surface area (Å²) >= 11 is 0. The lowest BCUT2D eigenvalue weighted by Crippen LogP contribution is -2.31. The summed E-state index contributed by atoms with van der Waals surface area (Å²) in [7, 11) is 0. The van der Waals surface area contributed by atoms with E-state index in [0.717, 1.165) is 19.6 Å². The van der Waals surface area contributed by atoms with Crippen LogP contribution in [0.25, 0.3) is 0 Å². The highest BCUT2D eigenvalue weighted by molar-refractivity contribution is 5.31. The molecular formula is C21H38N2. The molecule has 0 atom stereocenters. The number of nitrogens with one attached hydrogen (secondary N) is 1. The largest absolute Gasteiger partial charge is 0.349 e. The van der Waals surface area contributed by atoms with E-state index in [0.29, 0.717) is 5.41 Å². The van der Waals surface area contributed by atoms with Crippen LogP contribution in [0.3, 0.4) is 0 Å². The van der Waals surface area contributed by atoms with E-state index in [1.807, 2.05) is 0 Å². The molecule has 0 saturated carbocycles. The van der Waals surface area contributed by atoms with Gasteiger partial charge in [-0.05, 0) is 29.9 Å². The maximum atomic E-state index is 3.57. The van der Waals surface area contributed by atoms with Crippen LogP contribution in [0, 0.1) is 0 Å². The minimum absolute atomic E-state index is 0.376. The van der Waals surface area contributed by atoms with Crippen molar-refractivity contribution in [3.63, 3.8) is 0 Å². The zero-order chi connectivity index (χ0) is 16.5. The molecule has 0 unspecified atom stereocenters. The Hall–Kier alpha value is -0.760. The standard InChI is InChI=1S/C21H38N2/c1-4-6-8-10-13-21(3,14-11-9-7-5-2)19-12-16-23-17-15-22-18-20(19)23/h12,16,22H,4-11,13-15,17-18H2,1-3H3. The van der Waals surface area contributed by atoms with Crippen LogP contribution in [0.1, 0.15) is 96.2 Å². The fraction of sp³-hybridized carbons (Fsp3) is 0.810. The van der Waals surface area contributed by atoms with Crippen molar-refractivity contribution in [2.45, 2.75) is 103 Å². The van der Waals surface area contributed by atoms with Crippen molar-refractivity contribution >= 4 is 0 Å². The Balaban J connectivity index is 2.06. The third-order valence-corrected chi connectivity index (χ3v) is 5.72. The lowest BCUT2D eigenvalue weighted by molar-refractivity contribution is 0.357. The van der Waals surface area contributed by atoms with Crippen molar-refractivity contribution in [3.05, 3.63) is 23.5 Å². The van der Waals surface area contributed by atoms with E-state index in [2.05, 4.69) is 42.9 Å². The molecular weight excluding hydrogens is 280 g/mol. The molecule has 2 rings (SSSR count). The average molecular weight is 319 g/mol. The monoisotopic (exact) mass is 318 g/mol. The molecule has 1 aromatic heterocycles. The van der Waals surface area contributed by atoms with Crippen molar-refractivity contribution in [3.8, 4) is 0 Å². The minimum atomic E-state index is 0.376. The van der Waals surface area contributed by atoms with Gasteiger partial charge in [-0.3, -0.25) is 0 Å². The molecule has 2 nitrogen and oxygen atoms in total. The zero-order valence-corrected chi connectivity index (χ0v) is 15.8. The van der Waals surface area contributed by atoms with E-state index in [1.54, 1.807) is 11.3 Å². The number of rotatable bonds is 11. The summed E-state index contributed by atoms with van der Waals surface area (Å²) in [4.78, 5) is 0. The van der Waals surface area contributed by atoms with Gasteiger partial charge in [0, 0.05) is 31.5 Å². The third kappa shape index (κ3) is 5.11. The van der Waals surface area contributed by atoms with Gasteiger partial charge < -0.3 is 9.88 Å². The fourth-order valence-electron chi connectivity index (χ4n) is 4.15. The molecule has 0 saturated heterocycles. The molecule has 1 N–H and O–H groups in total. The lowest BCUT2D eigenvalue weighted by atomic mass is 9.74. The van der Waals surface area contributed by atoms with Gasteiger partial charge in [-0.1, -0.05) is 72.1 Å². The molecule has 0 aliphatic carbocycles. The highest BCUT2D eigenvalue weighted by Gasteiger charge is 2.30. The zero-order valence-electron chi connectivity index (χ0n) is 15.8. The van der Waals surface area contributed by atoms with E-state index in [-0.39, 0.29) is 0 Å². The maximum absolute atomic E-state index is 3.57. The molecule has 0 aromatic carbocycles. The van der Waals surface area contributed by atoms with Gasteiger partial charge in [0.25, 0.3) is 0 Å². The van der Waals surface area contributed by atoms with Crippen LogP contribution in [-0.2, 0) is 18.5 Å². The molecule has 1 aromatic rings.